The minimum Gasteiger partial charge on any atom is -0.469 e. The first-order valence-electron chi connectivity index (χ1n) is 6.34. The maximum absolute atomic E-state index is 12.3. The number of aryl methyl sites for hydroxylation is 1. The Morgan fingerprint density at radius 1 is 1.45 bits per heavy atom. The standard InChI is InChI=1S/C13H18N2O3S2/c1-10(4-5-11-3-2-7-18-11)15-20(16,17)13-6-8-19-12(13)9-14/h2-3,6-8,10,15H,4-5,9,14H2,1H3. The molecule has 0 saturated carbocycles. The third-order valence-electron chi connectivity index (χ3n) is 2.94. The van der Waals surface area contributed by atoms with Crippen molar-refractivity contribution >= 4 is 21.4 Å². The summed E-state index contributed by atoms with van der Waals surface area (Å²) in [4.78, 5) is 0.964. The summed E-state index contributed by atoms with van der Waals surface area (Å²) in [6, 6.07) is 5.13. The molecule has 0 amide bonds. The highest BCUT2D eigenvalue weighted by Gasteiger charge is 2.21. The first-order valence-corrected chi connectivity index (χ1v) is 8.70. The highest BCUT2D eigenvalue weighted by atomic mass is 32.2. The SMILES string of the molecule is CC(CCc1ccco1)NS(=O)(=O)c1ccsc1CN. The van der Waals surface area contributed by atoms with Gasteiger partial charge in [-0.2, -0.15) is 0 Å². The van der Waals surface area contributed by atoms with Crippen molar-refractivity contribution < 1.29 is 12.8 Å². The first kappa shape index (κ1) is 15.2. The normalized spacial score (nSPS) is 13.5. The Morgan fingerprint density at radius 2 is 2.25 bits per heavy atom. The number of rotatable bonds is 7. The van der Waals surface area contributed by atoms with Crippen molar-refractivity contribution in [1.29, 1.82) is 0 Å². The Kier molecular flexibility index (Phi) is 4.98. The first-order chi connectivity index (χ1) is 9.53. The Hall–Kier alpha value is -1.15. The van der Waals surface area contributed by atoms with Crippen molar-refractivity contribution in [1.82, 2.24) is 4.72 Å². The van der Waals surface area contributed by atoms with Crippen molar-refractivity contribution in [2.45, 2.75) is 37.2 Å². The highest BCUT2D eigenvalue weighted by Crippen LogP contribution is 2.21. The molecule has 2 aromatic rings. The minimum absolute atomic E-state index is 0.171. The summed E-state index contributed by atoms with van der Waals surface area (Å²) in [5.41, 5.74) is 5.55. The van der Waals surface area contributed by atoms with Gasteiger partial charge in [-0.3, -0.25) is 0 Å². The van der Waals surface area contributed by atoms with Crippen LogP contribution >= 0.6 is 11.3 Å². The number of thiophene rings is 1. The number of furan rings is 1. The summed E-state index contributed by atoms with van der Waals surface area (Å²) in [6.07, 6.45) is 2.99. The average Bonchev–Trinajstić information content (AvgIpc) is 3.07. The molecule has 0 fully saturated rings. The lowest BCUT2D eigenvalue weighted by atomic mass is 10.2. The molecule has 5 nitrogen and oxygen atoms in total. The molecule has 0 aromatic carbocycles. The van der Waals surface area contributed by atoms with Gasteiger partial charge in [-0.15, -0.1) is 11.3 Å². The van der Waals surface area contributed by atoms with Gasteiger partial charge < -0.3 is 10.2 Å². The Morgan fingerprint density at radius 3 is 2.90 bits per heavy atom. The molecule has 0 aliphatic carbocycles. The summed E-state index contributed by atoms with van der Waals surface area (Å²) in [5.74, 6) is 0.856. The van der Waals surface area contributed by atoms with Gasteiger partial charge in [0.15, 0.2) is 0 Å². The molecule has 0 radical (unpaired) electrons. The highest BCUT2D eigenvalue weighted by molar-refractivity contribution is 7.89. The molecule has 0 aliphatic rings. The summed E-state index contributed by atoms with van der Waals surface area (Å²) in [5, 5.41) is 1.74. The van der Waals surface area contributed by atoms with Crippen LogP contribution in [0.3, 0.4) is 0 Å². The van der Waals surface area contributed by atoms with E-state index in [1.165, 1.54) is 11.3 Å². The van der Waals surface area contributed by atoms with Crippen LogP contribution in [-0.2, 0) is 23.0 Å². The predicted molar refractivity (Wildman–Crippen MR) is 79.0 cm³/mol. The molecular weight excluding hydrogens is 296 g/mol. The van der Waals surface area contributed by atoms with Crippen molar-refractivity contribution in [2.75, 3.05) is 0 Å². The quantitative estimate of drug-likeness (QED) is 0.819. The third-order valence-corrected chi connectivity index (χ3v) is 5.69. The molecule has 2 heterocycles. The molecule has 0 bridgehead atoms. The molecule has 7 heteroatoms. The molecule has 1 unspecified atom stereocenters. The van der Waals surface area contributed by atoms with E-state index in [-0.39, 0.29) is 17.5 Å². The van der Waals surface area contributed by atoms with Gasteiger partial charge in [0.2, 0.25) is 10.0 Å². The van der Waals surface area contributed by atoms with Gasteiger partial charge in [0.25, 0.3) is 0 Å². The van der Waals surface area contributed by atoms with E-state index < -0.39 is 10.0 Å². The van der Waals surface area contributed by atoms with E-state index in [0.717, 1.165) is 5.76 Å². The van der Waals surface area contributed by atoms with Crippen molar-refractivity contribution in [3.05, 3.63) is 40.5 Å². The number of hydrogen-bond donors (Lipinski definition) is 2. The van der Waals surface area contributed by atoms with E-state index in [2.05, 4.69) is 4.72 Å². The van der Waals surface area contributed by atoms with E-state index >= 15 is 0 Å². The maximum Gasteiger partial charge on any atom is 0.241 e. The van der Waals surface area contributed by atoms with Crippen LogP contribution in [-0.4, -0.2) is 14.5 Å². The summed E-state index contributed by atoms with van der Waals surface area (Å²) in [6.45, 7) is 2.07. The van der Waals surface area contributed by atoms with Gasteiger partial charge in [-0.25, -0.2) is 13.1 Å². The Balaban J connectivity index is 1.97. The van der Waals surface area contributed by atoms with Crippen LogP contribution < -0.4 is 10.5 Å². The fourth-order valence-corrected chi connectivity index (χ4v) is 4.53. The molecular formula is C13H18N2O3S2. The van der Waals surface area contributed by atoms with E-state index in [0.29, 0.717) is 17.7 Å². The lowest BCUT2D eigenvalue weighted by molar-refractivity contribution is 0.480. The van der Waals surface area contributed by atoms with Crippen LogP contribution in [0.2, 0.25) is 0 Å². The molecule has 2 rings (SSSR count). The van der Waals surface area contributed by atoms with Crippen molar-refractivity contribution in [3.63, 3.8) is 0 Å². The van der Waals surface area contributed by atoms with Gasteiger partial charge in [0.05, 0.1) is 11.2 Å². The van der Waals surface area contributed by atoms with Crippen LogP contribution in [0, 0.1) is 0 Å². The Labute approximate surface area is 122 Å². The lowest BCUT2D eigenvalue weighted by Crippen LogP contribution is -2.33. The zero-order valence-electron chi connectivity index (χ0n) is 11.2. The summed E-state index contributed by atoms with van der Waals surface area (Å²) < 4.78 is 32.4. The minimum atomic E-state index is -3.50. The van der Waals surface area contributed by atoms with Crippen LogP contribution in [0.25, 0.3) is 0 Å². The number of nitrogens with two attached hydrogens (primary N) is 1. The monoisotopic (exact) mass is 314 g/mol. The van der Waals surface area contributed by atoms with Crippen LogP contribution in [0.1, 0.15) is 24.0 Å². The zero-order chi connectivity index (χ0) is 14.6. The van der Waals surface area contributed by atoms with E-state index in [4.69, 9.17) is 10.2 Å². The summed E-state index contributed by atoms with van der Waals surface area (Å²) >= 11 is 1.36. The van der Waals surface area contributed by atoms with Gasteiger partial charge >= 0.3 is 0 Å². The van der Waals surface area contributed by atoms with Gasteiger partial charge in [-0.1, -0.05) is 0 Å². The van der Waals surface area contributed by atoms with Crippen LogP contribution in [0.15, 0.2) is 39.2 Å². The molecule has 3 N–H and O–H groups in total. The van der Waals surface area contributed by atoms with E-state index in [9.17, 15) is 8.42 Å². The molecule has 1 atom stereocenters. The fraction of sp³-hybridized carbons (Fsp3) is 0.385. The molecule has 110 valence electrons. The number of nitrogens with one attached hydrogen (secondary N) is 1. The van der Waals surface area contributed by atoms with Crippen molar-refractivity contribution in [3.8, 4) is 0 Å². The number of sulfonamides is 1. The topological polar surface area (TPSA) is 85.3 Å². The predicted octanol–water partition coefficient (Wildman–Crippen LogP) is 2.10. The van der Waals surface area contributed by atoms with E-state index in [1.807, 2.05) is 19.1 Å². The second kappa shape index (κ2) is 6.53. The van der Waals surface area contributed by atoms with Gasteiger partial charge in [0.1, 0.15) is 5.76 Å². The van der Waals surface area contributed by atoms with Gasteiger partial charge in [-0.05, 0) is 36.9 Å². The smallest absolute Gasteiger partial charge is 0.241 e. The zero-order valence-corrected chi connectivity index (χ0v) is 12.8. The molecule has 2 aromatic heterocycles. The van der Waals surface area contributed by atoms with Crippen LogP contribution in [0.5, 0.6) is 0 Å². The Bertz CT molecular complexity index is 632. The maximum atomic E-state index is 12.3. The van der Waals surface area contributed by atoms with Crippen LogP contribution in [0.4, 0.5) is 0 Å². The van der Waals surface area contributed by atoms with E-state index in [1.54, 1.807) is 17.7 Å². The van der Waals surface area contributed by atoms with Gasteiger partial charge in [0, 0.05) is 23.9 Å². The third kappa shape index (κ3) is 3.69. The second-order valence-electron chi connectivity index (χ2n) is 4.55. The largest absolute Gasteiger partial charge is 0.469 e. The second-order valence-corrected chi connectivity index (χ2v) is 7.24. The average molecular weight is 314 g/mol. The molecule has 0 aliphatic heterocycles. The molecule has 0 spiro atoms. The fourth-order valence-electron chi connectivity index (χ4n) is 1.92. The molecule has 0 saturated heterocycles. The number of hydrogen-bond acceptors (Lipinski definition) is 5. The lowest BCUT2D eigenvalue weighted by Gasteiger charge is -2.13. The molecule has 20 heavy (non-hydrogen) atoms. The summed E-state index contributed by atoms with van der Waals surface area (Å²) in [7, 11) is -3.50. The van der Waals surface area contributed by atoms with Crippen molar-refractivity contribution in [2.24, 2.45) is 5.73 Å².